The summed E-state index contributed by atoms with van der Waals surface area (Å²) in [5.74, 6) is 1.74. The standard InChI is InChI=1S/C19H29N7O2/c1-23(2)8-13-6-14(28)9-26(13)19-7-18(20-12-21-19)25-5-4-15-16(11-27)22-24(3)17(15)10-25/h7,12-14,27-28H,4-6,8-11H2,1-3H3/t13-,14-/m1/s1. The average molecular weight is 387 g/mol. The number of likely N-dealkylation sites (N-methyl/N-ethyl adjacent to an activating group) is 1. The number of anilines is 2. The second kappa shape index (κ2) is 7.65. The van der Waals surface area contributed by atoms with Crippen LogP contribution in [0.4, 0.5) is 11.6 Å². The van der Waals surface area contributed by atoms with Gasteiger partial charge in [-0.15, -0.1) is 0 Å². The van der Waals surface area contributed by atoms with Gasteiger partial charge in [0.2, 0.25) is 0 Å². The summed E-state index contributed by atoms with van der Waals surface area (Å²) in [6.07, 6.45) is 2.88. The fourth-order valence-electron chi connectivity index (χ4n) is 4.41. The van der Waals surface area contributed by atoms with Gasteiger partial charge in [0.25, 0.3) is 0 Å². The highest BCUT2D eigenvalue weighted by Gasteiger charge is 2.33. The number of aryl methyl sites for hydroxylation is 1. The van der Waals surface area contributed by atoms with E-state index in [9.17, 15) is 10.2 Å². The maximum absolute atomic E-state index is 10.2. The van der Waals surface area contributed by atoms with Crippen molar-refractivity contribution < 1.29 is 10.2 Å². The number of nitrogens with zero attached hydrogens (tertiary/aromatic N) is 7. The fourth-order valence-corrected chi connectivity index (χ4v) is 4.41. The maximum Gasteiger partial charge on any atom is 0.134 e. The molecule has 1 saturated heterocycles. The number of fused-ring (bicyclic) bond motifs is 1. The zero-order valence-corrected chi connectivity index (χ0v) is 16.8. The lowest BCUT2D eigenvalue weighted by molar-refractivity contribution is 0.191. The lowest BCUT2D eigenvalue weighted by Gasteiger charge is -2.31. The van der Waals surface area contributed by atoms with E-state index in [0.717, 1.165) is 54.5 Å². The zero-order chi connectivity index (χ0) is 19.8. The predicted molar refractivity (Wildman–Crippen MR) is 106 cm³/mol. The number of aliphatic hydroxyl groups excluding tert-OH is 2. The molecular formula is C19H29N7O2. The van der Waals surface area contributed by atoms with Gasteiger partial charge in [-0.05, 0) is 26.9 Å². The van der Waals surface area contributed by atoms with Crippen molar-refractivity contribution in [2.45, 2.75) is 38.1 Å². The summed E-state index contributed by atoms with van der Waals surface area (Å²) in [7, 11) is 6.02. The minimum Gasteiger partial charge on any atom is -0.391 e. The first kappa shape index (κ1) is 19.1. The summed E-state index contributed by atoms with van der Waals surface area (Å²) >= 11 is 0. The number of β-amino-alcohol motifs (C(OH)–C–C–N with tert-alkyl or cyclic N) is 1. The highest BCUT2D eigenvalue weighted by atomic mass is 16.3. The molecule has 0 amide bonds. The van der Waals surface area contributed by atoms with Crippen molar-refractivity contribution in [1.82, 2.24) is 24.6 Å². The first-order valence-corrected chi connectivity index (χ1v) is 9.77. The Morgan fingerprint density at radius 2 is 2.04 bits per heavy atom. The molecule has 0 radical (unpaired) electrons. The molecule has 2 aromatic rings. The molecule has 2 aliphatic heterocycles. The number of aromatic nitrogens is 4. The van der Waals surface area contributed by atoms with E-state index >= 15 is 0 Å². The first-order valence-electron chi connectivity index (χ1n) is 9.77. The van der Waals surface area contributed by atoms with Crippen molar-refractivity contribution in [3.05, 3.63) is 29.3 Å². The summed E-state index contributed by atoms with van der Waals surface area (Å²) in [6.45, 7) is 2.99. The molecule has 0 aliphatic carbocycles. The Kier molecular flexibility index (Phi) is 5.22. The summed E-state index contributed by atoms with van der Waals surface area (Å²) in [6, 6.07) is 2.26. The molecule has 0 bridgehead atoms. The van der Waals surface area contributed by atoms with Crippen LogP contribution in [-0.2, 0) is 26.6 Å². The molecular weight excluding hydrogens is 358 g/mol. The number of hydrogen-bond acceptors (Lipinski definition) is 8. The Bertz CT molecular complexity index is 838. The van der Waals surface area contributed by atoms with Crippen LogP contribution in [0.25, 0.3) is 0 Å². The van der Waals surface area contributed by atoms with Gasteiger partial charge in [-0.25, -0.2) is 9.97 Å². The molecule has 2 aromatic heterocycles. The lowest BCUT2D eigenvalue weighted by atomic mass is 10.0. The van der Waals surface area contributed by atoms with E-state index in [1.165, 1.54) is 0 Å². The van der Waals surface area contributed by atoms with Crippen LogP contribution in [0, 0.1) is 0 Å². The molecule has 2 atom stereocenters. The lowest BCUT2D eigenvalue weighted by Crippen LogP contribution is -2.38. The Morgan fingerprint density at radius 3 is 2.79 bits per heavy atom. The second-order valence-corrected chi connectivity index (χ2v) is 8.02. The van der Waals surface area contributed by atoms with Gasteiger partial charge in [-0.1, -0.05) is 0 Å². The number of rotatable bonds is 5. The third kappa shape index (κ3) is 3.57. The largest absolute Gasteiger partial charge is 0.391 e. The van der Waals surface area contributed by atoms with E-state index in [1.807, 2.05) is 31.9 Å². The molecule has 28 heavy (non-hydrogen) atoms. The molecule has 9 nitrogen and oxygen atoms in total. The van der Waals surface area contributed by atoms with Gasteiger partial charge in [0, 0.05) is 44.4 Å². The maximum atomic E-state index is 10.2. The quantitative estimate of drug-likeness (QED) is 0.727. The van der Waals surface area contributed by atoms with Crippen molar-refractivity contribution in [2.24, 2.45) is 7.05 Å². The first-order chi connectivity index (χ1) is 13.5. The monoisotopic (exact) mass is 387 g/mol. The van der Waals surface area contributed by atoms with Crippen molar-refractivity contribution in [3.8, 4) is 0 Å². The van der Waals surface area contributed by atoms with Crippen LogP contribution in [0.5, 0.6) is 0 Å². The molecule has 0 spiro atoms. The van der Waals surface area contributed by atoms with Crippen molar-refractivity contribution in [2.75, 3.05) is 43.5 Å². The molecule has 9 heteroatoms. The second-order valence-electron chi connectivity index (χ2n) is 8.02. The van der Waals surface area contributed by atoms with E-state index < -0.39 is 0 Å². The fraction of sp³-hybridized carbons (Fsp3) is 0.632. The van der Waals surface area contributed by atoms with Crippen molar-refractivity contribution in [1.29, 1.82) is 0 Å². The van der Waals surface area contributed by atoms with E-state index in [2.05, 4.69) is 29.8 Å². The Balaban J connectivity index is 1.56. The molecule has 0 saturated carbocycles. The Morgan fingerprint density at radius 1 is 1.25 bits per heavy atom. The minimum atomic E-state index is -0.327. The highest BCUT2D eigenvalue weighted by molar-refractivity contribution is 5.53. The Labute approximate surface area is 165 Å². The van der Waals surface area contributed by atoms with Gasteiger partial charge in [0.1, 0.15) is 18.0 Å². The Hall–Kier alpha value is -2.23. The van der Waals surface area contributed by atoms with Gasteiger partial charge >= 0.3 is 0 Å². The van der Waals surface area contributed by atoms with Crippen LogP contribution in [0.1, 0.15) is 23.4 Å². The van der Waals surface area contributed by atoms with Crippen LogP contribution in [-0.4, -0.2) is 80.7 Å². The average Bonchev–Trinajstić information content (AvgIpc) is 3.20. The summed E-state index contributed by atoms with van der Waals surface area (Å²) < 4.78 is 1.86. The molecule has 152 valence electrons. The summed E-state index contributed by atoms with van der Waals surface area (Å²) in [5, 5.41) is 24.1. The van der Waals surface area contributed by atoms with E-state index in [4.69, 9.17) is 0 Å². The van der Waals surface area contributed by atoms with Gasteiger partial charge in [-0.3, -0.25) is 4.68 Å². The van der Waals surface area contributed by atoms with Gasteiger partial charge in [0.05, 0.1) is 30.6 Å². The van der Waals surface area contributed by atoms with Crippen LogP contribution < -0.4 is 9.80 Å². The van der Waals surface area contributed by atoms with E-state index in [0.29, 0.717) is 13.1 Å². The molecule has 4 rings (SSSR count). The smallest absolute Gasteiger partial charge is 0.134 e. The van der Waals surface area contributed by atoms with Gasteiger partial charge in [-0.2, -0.15) is 5.10 Å². The van der Waals surface area contributed by atoms with E-state index in [1.54, 1.807) is 6.33 Å². The molecule has 1 fully saturated rings. The third-order valence-corrected chi connectivity index (χ3v) is 5.70. The van der Waals surface area contributed by atoms with E-state index in [-0.39, 0.29) is 18.8 Å². The van der Waals surface area contributed by atoms with Crippen LogP contribution in [0.3, 0.4) is 0 Å². The molecule has 2 N–H and O–H groups in total. The summed E-state index contributed by atoms with van der Waals surface area (Å²) in [5.41, 5.74) is 3.06. The normalized spacial score (nSPS) is 22.2. The highest BCUT2D eigenvalue weighted by Crippen LogP contribution is 2.29. The number of hydrogen-bond donors (Lipinski definition) is 2. The van der Waals surface area contributed by atoms with Crippen molar-refractivity contribution in [3.63, 3.8) is 0 Å². The van der Waals surface area contributed by atoms with Crippen LogP contribution >= 0.6 is 0 Å². The molecule has 4 heterocycles. The van der Waals surface area contributed by atoms with Crippen LogP contribution in [0.2, 0.25) is 0 Å². The van der Waals surface area contributed by atoms with Crippen LogP contribution in [0.15, 0.2) is 12.4 Å². The van der Waals surface area contributed by atoms with Gasteiger partial charge < -0.3 is 24.9 Å². The zero-order valence-electron chi connectivity index (χ0n) is 16.8. The topological polar surface area (TPSA) is 93.8 Å². The predicted octanol–water partition coefficient (Wildman–Crippen LogP) is -0.234. The third-order valence-electron chi connectivity index (χ3n) is 5.70. The van der Waals surface area contributed by atoms with Crippen molar-refractivity contribution >= 4 is 11.6 Å². The van der Waals surface area contributed by atoms with Gasteiger partial charge in [0.15, 0.2) is 0 Å². The molecule has 0 aromatic carbocycles. The summed E-state index contributed by atoms with van der Waals surface area (Å²) in [4.78, 5) is 15.6. The molecule has 2 aliphatic rings. The minimum absolute atomic E-state index is 0.0224. The number of aliphatic hydroxyl groups is 2. The molecule has 0 unspecified atom stereocenters. The SMILES string of the molecule is CN(C)C[C@H]1C[C@@H](O)CN1c1cc(N2CCc3c(CO)nn(C)c3C2)ncn1.